The third-order valence-electron chi connectivity index (χ3n) is 3.57. The van der Waals surface area contributed by atoms with E-state index >= 15 is 0 Å². The van der Waals surface area contributed by atoms with Gasteiger partial charge >= 0.3 is 0 Å². The minimum absolute atomic E-state index is 0.0665. The number of benzene rings is 1. The van der Waals surface area contributed by atoms with Crippen LogP contribution in [-0.2, 0) is 17.8 Å². The summed E-state index contributed by atoms with van der Waals surface area (Å²) >= 11 is 1.70. The molecule has 2 aromatic rings. The molecule has 1 unspecified atom stereocenters. The topological polar surface area (TPSA) is 55.1 Å². The van der Waals surface area contributed by atoms with E-state index in [9.17, 15) is 4.79 Å². The Labute approximate surface area is 130 Å². The Hall–Kier alpha value is -1.65. The molecule has 21 heavy (non-hydrogen) atoms. The fraction of sp³-hybridized carbons (Fsp3) is 0.353. The molecular formula is C17H22N2OS. The van der Waals surface area contributed by atoms with Gasteiger partial charge in [-0.2, -0.15) is 0 Å². The van der Waals surface area contributed by atoms with Gasteiger partial charge < -0.3 is 11.1 Å². The molecule has 1 amide bonds. The van der Waals surface area contributed by atoms with Crippen LogP contribution in [0.2, 0.25) is 0 Å². The first-order valence-corrected chi connectivity index (χ1v) is 8.21. The number of nitrogens with two attached hydrogens (primary N) is 1. The molecule has 112 valence electrons. The standard InChI is InChI=1S/C17H22N2OS/c1-2-13-10-11-21-16(13)12-19-17(20)9-8-15(18)14-6-4-3-5-7-14/h3-7,10-11,15H,2,8-9,12,18H2,1H3,(H,19,20). The molecule has 1 aromatic heterocycles. The van der Waals surface area contributed by atoms with Gasteiger partial charge in [0.1, 0.15) is 0 Å². The van der Waals surface area contributed by atoms with Crippen molar-refractivity contribution < 1.29 is 4.79 Å². The maximum atomic E-state index is 11.9. The maximum absolute atomic E-state index is 11.9. The Bertz CT molecular complexity index is 565. The zero-order chi connectivity index (χ0) is 15.1. The zero-order valence-corrected chi connectivity index (χ0v) is 13.2. The highest BCUT2D eigenvalue weighted by molar-refractivity contribution is 7.10. The molecule has 0 spiro atoms. The lowest BCUT2D eigenvalue weighted by molar-refractivity contribution is -0.121. The van der Waals surface area contributed by atoms with Crippen molar-refractivity contribution in [3.63, 3.8) is 0 Å². The fourth-order valence-corrected chi connectivity index (χ4v) is 3.17. The molecule has 4 heteroatoms. The van der Waals surface area contributed by atoms with E-state index in [0.29, 0.717) is 19.4 Å². The van der Waals surface area contributed by atoms with Gasteiger partial charge in [0.25, 0.3) is 0 Å². The van der Waals surface area contributed by atoms with Crippen LogP contribution >= 0.6 is 11.3 Å². The summed E-state index contributed by atoms with van der Waals surface area (Å²) in [4.78, 5) is 13.2. The number of hydrogen-bond acceptors (Lipinski definition) is 3. The number of aryl methyl sites for hydroxylation is 1. The molecule has 2 rings (SSSR count). The largest absolute Gasteiger partial charge is 0.351 e. The van der Waals surface area contributed by atoms with Gasteiger partial charge in [0.05, 0.1) is 6.54 Å². The summed E-state index contributed by atoms with van der Waals surface area (Å²) in [6, 6.07) is 12.0. The van der Waals surface area contributed by atoms with Gasteiger partial charge in [-0.3, -0.25) is 4.79 Å². The minimum Gasteiger partial charge on any atom is -0.351 e. The van der Waals surface area contributed by atoms with Crippen molar-refractivity contribution in [3.8, 4) is 0 Å². The van der Waals surface area contributed by atoms with Crippen molar-refractivity contribution in [3.05, 3.63) is 57.8 Å². The lowest BCUT2D eigenvalue weighted by atomic mass is 10.0. The number of carbonyl (C=O) groups excluding carboxylic acids is 1. The number of hydrogen-bond donors (Lipinski definition) is 2. The van der Waals surface area contributed by atoms with Gasteiger partial charge in [-0.25, -0.2) is 0 Å². The van der Waals surface area contributed by atoms with Crippen LogP contribution in [0.25, 0.3) is 0 Å². The van der Waals surface area contributed by atoms with Gasteiger partial charge in [-0.1, -0.05) is 37.3 Å². The highest BCUT2D eigenvalue weighted by Gasteiger charge is 2.09. The van der Waals surface area contributed by atoms with Gasteiger partial charge in [-0.05, 0) is 35.4 Å². The van der Waals surface area contributed by atoms with Crippen molar-refractivity contribution in [2.45, 2.75) is 38.8 Å². The highest BCUT2D eigenvalue weighted by Crippen LogP contribution is 2.18. The Morgan fingerprint density at radius 3 is 2.76 bits per heavy atom. The van der Waals surface area contributed by atoms with Gasteiger partial charge in [0, 0.05) is 17.3 Å². The quantitative estimate of drug-likeness (QED) is 0.823. The molecule has 1 aromatic carbocycles. The average Bonchev–Trinajstić information content (AvgIpc) is 2.99. The van der Waals surface area contributed by atoms with E-state index in [-0.39, 0.29) is 11.9 Å². The van der Waals surface area contributed by atoms with Crippen molar-refractivity contribution in [1.82, 2.24) is 5.32 Å². The molecule has 0 bridgehead atoms. The van der Waals surface area contributed by atoms with Crippen molar-refractivity contribution in [2.75, 3.05) is 0 Å². The number of rotatable bonds is 7. The monoisotopic (exact) mass is 302 g/mol. The molecule has 0 saturated carbocycles. The van der Waals surface area contributed by atoms with E-state index in [2.05, 4.69) is 23.7 Å². The first kappa shape index (κ1) is 15.7. The molecule has 0 aliphatic carbocycles. The summed E-state index contributed by atoms with van der Waals surface area (Å²) in [5, 5.41) is 5.06. The van der Waals surface area contributed by atoms with Crippen LogP contribution < -0.4 is 11.1 Å². The summed E-state index contributed by atoms with van der Waals surface area (Å²) in [6.45, 7) is 2.76. The minimum atomic E-state index is -0.0788. The van der Waals surface area contributed by atoms with Crippen LogP contribution in [0.5, 0.6) is 0 Å². The SMILES string of the molecule is CCc1ccsc1CNC(=O)CCC(N)c1ccccc1. The number of nitrogens with one attached hydrogen (secondary N) is 1. The van der Waals surface area contributed by atoms with Crippen LogP contribution in [0.15, 0.2) is 41.8 Å². The smallest absolute Gasteiger partial charge is 0.220 e. The van der Waals surface area contributed by atoms with Crippen LogP contribution in [0.4, 0.5) is 0 Å². The summed E-state index contributed by atoms with van der Waals surface area (Å²) in [5.74, 6) is 0.0665. The van der Waals surface area contributed by atoms with Crippen molar-refractivity contribution in [2.24, 2.45) is 5.73 Å². The van der Waals surface area contributed by atoms with Crippen LogP contribution in [0, 0.1) is 0 Å². The Kier molecular flexibility index (Phi) is 5.96. The molecule has 0 fully saturated rings. The number of carbonyl (C=O) groups is 1. The van der Waals surface area contributed by atoms with Crippen LogP contribution in [0.3, 0.4) is 0 Å². The second kappa shape index (κ2) is 7.96. The van der Waals surface area contributed by atoms with Gasteiger partial charge in [-0.15, -0.1) is 11.3 Å². The molecule has 0 aliphatic rings. The lowest BCUT2D eigenvalue weighted by Crippen LogP contribution is -2.24. The van der Waals surface area contributed by atoms with E-state index in [1.54, 1.807) is 11.3 Å². The summed E-state index contributed by atoms with van der Waals surface area (Å²) in [7, 11) is 0. The highest BCUT2D eigenvalue weighted by atomic mass is 32.1. The summed E-state index contributed by atoms with van der Waals surface area (Å²) in [6.07, 6.45) is 2.14. The van der Waals surface area contributed by atoms with Crippen molar-refractivity contribution in [1.29, 1.82) is 0 Å². The van der Waals surface area contributed by atoms with Crippen molar-refractivity contribution >= 4 is 17.2 Å². The van der Waals surface area contributed by atoms with E-state index in [4.69, 9.17) is 5.73 Å². The predicted molar refractivity (Wildman–Crippen MR) is 88.1 cm³/mol. The normalized spacial score (nSPS) is 12.1. The van der Waals surface area contributed by atoms with E-state index in [0.717, 1.165) is 12.0 Å². The molecule has 0 radical (unpaired) electrons. The van der Waals surface area contributed by atoms with E-state index < -0.39 is 0 Å². The maximum Gasteiger partial charge on any atom is 0.220 e. The van der Waals surface area contributed by atoms with E-state index in [1.807, 2.05) is 30.3 Å². The van der Waals surface area contributed by atoms with Crippen LogP contribution in [-0.4, -0.2) is 5.91 Å². The van der Waals surface area contributed by atoms with Crippen LogP contribution in [0.1, 0.15) is 41.8 Å². The summed E-state index contributed by atoms with van der Waals surface area (Å²) in [5.41, 5.74) is 8.50. The summed E-state index contributed by atoms with van der Waals surface area (Å²) < 4.78 is 0. The second-order valence-corrected chi connectivity index (χ2v) is 6.06. The number of amides is 1. The molecular weight excluding hydrogens is 280 g/mol. The Morgan fingerprint density at radius 2 is 2.05 bits per heavy atom. The fourth-order valence-electron chi connectivity index (χ4n) is 2.26. The van der Waals surface area contributed by atoms with Gasteiger partial charge in [0.15, 0.2) is 0 Å². The molecule has 3 N–H and O–H groups in total. The predicted octanol–water partition coefficient (Wildman–Crippen LogP) is 3.41. The molecule has 1 atom stereocenters. The molecule has 0 aliphatic heterocycles. The third-order valence-corrected chi connectivity index (χ3v) is 4.54. The molecule has 0 saturated heterocycles. The number of thiophene rings is 1. The Balaban J connectivity index is 1.75. The molecule has 1 heterocycles. The zero-order valence-electron chi connectivity index (χ0n) is 12.3. The Morgan fingerprint density at radius 1 is 1.29 bits per heavy atom. The first-order chi connectivity index (χ1) is 10.2. The molecule has 3 nitrogen and oxygen atoms in total. The lowest BCUT2D eigenvalue weighted by Gasteiger charge is -2.12. The first-order valence-electron chi connectivity index (χ1n) is 7.33. The second-order valence-electron chi connectivity index (χ2n) is 5.06. The third kappa shape index (κ3) is 4.69. The average molecular weight is 302 g/mol. The van der Waals surface area contributed by atoms with Gasteiger partial charge in [0.2, 0.25) is 5.91 Å². The van der Waals surface area contributed by atoms with E-state index in [1.165, 1.54) is 10.4 Å².